The molecule has 3 atom stereocenters. The first-order valence-corrected chi connectivity index (χ1v) is 12.6. The predicted octanol–water partition coefficient (Wildman–Crippen LogP) is 6.36. The van der Waals surface area contributed by atoms with Crippen LogP contribution in [0, 0.1) is 11.7 Å². The predicted molar refractivity (Wildman–Crippen MR) is 139 cm³/mol. The van der Waals surface area contributed by atoms with Crippen LogP contribution in [-0.2, 0) is 0 Å². The second kappa shape index (κ2) is 10.4. The minimum atomic E-state index is -0.605. The van der Waals surface area contributed by atoms with Crippen LogP contribution in [0.5, 0.6) is 23.0 Å². The number of benzene rings is 3. The van der Waals surface area contributed by atoms with Crippen molar-refractivity contribution in [3.8, 4) is 23.0 Å². The van der Waals surface area contributed by atoms with Gasteiger partial charge >= 0.3 is 0 Å². The number of likely N-dealkylation sites (tertiary alicyclic amines) is 1. The van der Waals surface area contributed by atoms with E-state index < -0.39 is 11.9 Å². The molecular formula is C30H31F2NO4. The molecule has 0 aromatic heterocycles. The SMILES string of the molecule is CC1=C(c2ccc(O)cc2F)C(c2ccc(OC[C@H](C)N3CC[C@@H](CF)C3)cc2)Oc2ccc(O)cc21. The second-order valence-electron chi connectivity index (χ2n) is 9.91. The Morgan fingerprint density at radius 3 is 2.46 bits per heavy atom. The topological polar surface area (TPSA) is 62.2 Å². The second-order valence-corrected chi connectivity index (χ2v) is 9.91. The molecule has 0 saturated carbocycles. The van der Waals surface area contributed by atoms with Crippen LogP contribution in [0.3, 0.4) is 0 Å². The number of fused-ring (bicyclic) bond motifs is 1. The number of phenols is 2. The molecule has 0 spiro atoms. The van der Waals surface area contributed by atoms with Crippen LogP contribution in [0.2, 0.25) is 0 Å². The van der Waals surface area contributed by atoms with E-state index in [1.54, 1.807) is 24.3 Å². The molecule has 2 heterocycles. The number of halogens is 2. The van der Waals surface area contributed by atoms with Gasteiger partial charge in [0, 0.05) is 41.3 Å². The highest BCUT2D eigenvalue weighted by Gasteiger charge is 2.31. The third-order valence-electron chi connectivity index (χ3n) is 7.35. The molecule has 1 fully saturated rings. The molecule has 3 aromatic rings. The quantitative estimate of drug-likeness (QED) is 0.390. The van der Waals surface area contributed by atoms with E-state index in [4.69, 9.17) is 9.47 Å². The largest absolute Gasteiger partial charge is 0.508 e. The maximum atomic E-state index is 15.0. The van der Waals surface area contributed by atoms with E-state index >= 15 is 4.39 Å². The normalized spacial score (nSPS) is 20.4. The fourth-order valence-corrected chi connectivity index (χ4v) is 5.19. The van der Waals surface area contributed by atoms with Crippen molar-refractivity contribution in [2.45, 2.75) is 32.4 Å². The van der Waals surface area contributed by atoms with E-state index in [1.807, 2.05) is 31.2 Å². The monoisotopic (exact) mass is 507 g/mol. The molecule has 2 aliphatic rings. The maximum absolute atomic E-state index is 15.0. The molecule has 5 nitrogen and oxygen atoms in total. The molecule has 194 valence electrons. The molecule has 0 aliphatic carbocycles. The van der Waals surface area contributed by atoms with Crippen LogP contribution in [0.1, 0.15) is 43.1 Å². The lowest BCUT2D eigenvalue weighted by molar-refractivity contribution is 0.165. The lowest BCUT2D eigenvalue weighted by Crippen LogP contribution is -2.35. The van der Waals surface area contributed by atoms with Gasteiger partial charge in [0.15, 0.2) is 0 Å². The van der Waals surface area contributed by atoms with Crippen LogP contribution in [0.15, 0.2) is 60.7 Å². The summed E-state index contributed by atoms with van der Waals surface area (Å²) in [5.41, 5.74) is 3.21. The number of phenolic OH excluding ortho intramolecular Hbond substituents is 2. The number of rotatable bonds is 7. The van der Waals surface area contributed by atoms with E-state index in [0.29, 0.717) is 34.8 Å². The molecule has 2 N–H and O–H groups in total. The molecular weight excluding hydrogens is 476 g/mol. The third-order valence-corrected chi connectivity index (χ3v) is 7.35. The zero-order valence-electron chi connectivity index (χ0n) is 21.0. The van der Waals surface area contributed by atoms with E-state index in [-0.39, 0.29) is 30.1 Å². The van der Waals surface area contributed by atoms with E-state index in [0.717, 1.165) is 36.7 Å². The highest BCUT2D eigenvalue weighted by molar-refractivity contribution is 5.95. The van der Waals surface area contributed by atoms with Gasteiger partial charge in [-0.3, -0.25) is 9.29 Å². The van der Waals surface area contributed by atoms with Crippen LogP contribution in [0.25, 0.3) is 11.1 Å². The summed E-state index contributed by atoms with van der Waals surface area (Å²) in [6, 6.07) is 16.7. The van der Waals surface area contributed by atoms with Crippen molar-refractivity contribution in [1.29, 1.82) is 0 Å². The summed E-state index contributed by atoms with van der Waals surface area (Å²) >= 11 is 0. The van der Waals surface area contributed by atoms with Gasteiger partial charge in [0.2, 0.25) is 0 Å². The van der Waals surface area contributed by atoms with Crippen molar-refractivity contribution in [3.05, 3.63) is 83.2 Å². The third kappa shape index (κ3) is 5.14. The van der Waals surface area contributed by atoms with Crippen molar-refractivity contribution in [1.82, 2.24) is 4.90 Å². The lowest BCUT2D eigenvalue weighted by atomic mass is 9.86. The summed E-state index contributed by atoms with van der Waals surface area (Å²) in [6.45, 7) is 5.84. The smallest absolute Gasteiger partial charge is 0.150 e. The Labute approximate surface area is 215 Å². The molecule has 5 rings (SSSR count). The number of hydrogen-bond donors (Lipinski definition) is 2. The molecule has 0 amide bonds. The maximum Gasteiger partial charge on any atom is 0.150 e. The van der Waals surface area contributed by atoms with Crippen molar-refractivity contribution >= 4 is 11.1 Å². The molecule has 1 unspecified atom stereocenters. The Bertz CT molecular complexity index is 1310. The fourth-order valence-electron chi connectivity index (χ4n) is 5.19. The van der Waals surface area contributed by atoms with Gasteiger partial charge in [0.1, 0.15) is 41.5 Å². The van der Waals surface area contributed by atoms with Crippen LogP contribution in [-0.4, -0.2) is 47.5 Å². The summed E-state index contributed by atoms with van der Waals surface area (Å²) in [5, 5.41) is 19.8. The van der Waals surface area contributed by atoms with Gasteiger partial charge < -0.3 is 19.7 Å². The summed E-state index contributed by atoms with van der Waals surface area (Å²) in [6.07, 6.45) is 0.280. The number of hydrogen-bond acceptors (Lipinski definition) is 5. The highest BCUT2D eigenvalue weighted by atomic mass is 19.1. The Morgan fingerprint density at radius 1 is 1.03 bits per heavy atom. The van der Waals surface area contributed by atoms with Gasteiger partial charge in [-0.05, 0) is 80.4 Å². The van der Waals surface area contributed by atoms with Gasteiger partial charge in [0.25, 0.3) is 0 Å². The molecule has 1 saturated heterocycles. The first-order valence-electron chi connectivity index (χ1n) is 12.6. The number of nitrogens with zero attached hydrogens (tertiary/aromatic N) is 1. The molecule has 2 aliphatic heterocycles. The molecule has 0 bridgehead atoms. The van der Waals surface area contributed by atoms with Crippen molar-refractivity contribution in [2.24, 2.45) is 5.92 Å². The summed E-state index contributed by atoms with van der Waals surface area (Å²) in [7, 11) is 0. The Balaban J connectivity index is 1.40. The summed E-state index contributed by atoms with van der Waals surface area (Å²) in [5.74, 6) is 0.796. The average molecular weight is 508 g/mol. The van der Waals surface area contributed by atoms with Gasteiger partial charge in [0.05, 0.1) is 6.67 Å². The highest BCUT2D eigenvalue weighted by Crippen LogP contribution is 2.48. The minimum absolute atomic E-state index is 0.0931. The molecule has 37 heavy (non-hydrogen) atoms. The number of ether oxygens (including phenoxy) is 2. The van der Waals surface area contributed by atoms with Gasteiger partial charge in [-0.2, -0.15) is 0 Å². The number of allylic oxidation sites excluding steroid dienone is 1. The van der Waals surface area contributed by atoms with Gasteiger partial charge in [-0.25, -0.2) is 4.39 Å². The Kier molecular flexibility index (Phi) is 7.07. The minimum Gasteiger partial charge on any atom is -0.508 e. The van der Waals surface area contributed by atoms with Gasteiger partial charge in [-0.15, -0.1) is 0 Å². The summed E-state index contributed by atoms with van der Waals surface area (Å²) in [4.78, 5) is 2.26. The number of alkyl halides is 1. The molecule has 0 radical (unpaired) electrons. The van der Waals surface area contributed by atoms with Crippen molar-refractivity contribution in [3.63, 3.8) is 0 Å². The number of aromatic hydroxyl groups is 2. The Hall–Kier alpha value is -3.58. The molecule has 7 heteroatoms. The zero-order valence-corrected chi connectivity index (χ0v) is 21.0. The van der Waals surface area contributed by atoms with Crippen LogP contribution < -0.4 is 9.47 Å². The van der Waals surface area contributed by atoms with E-state index in [9.17, 15) is 14.6 Å². The van der Waals surface area contributed by atoms with Crippen LogP contribution >= 0.6 is 0 Å². The van der Waals surface area contributed by atoms with Gasteiger partial charge in [-0.1, -0.05) is 12.1 Å². The standard InChI is InChI=1S/C30H31F2NO4/c1-18(33-12-11-20(15-31)16-33)17-36-24-7-3-21(4-8-24)30-29(25-9-5-23(35)14-27(25)32)19(2)26-13-22(34)6-10-28(26)37-30/h3-10,13-14,18,20,30,34-35H,11-12,15-17H2,1-2H3/t18-,20-,30?/m0/s1. The first kappa shape index (κ1) is 25.1. The lowest BCUT2D eigenvalue weighted by Gasteiger charge is -2.31. The van der Waals surface area contributed by atoms with E-state index in [2.05, 4.69) is 11.8 Å². The average Bonchev–Trinajstić information content (AvgIpc) is 3.38. The Morgan fingerprint density at radius 2 is 1.76 bits per heavy atom. The summed E-state index contributed by atoms with van der Waals surface area (Å²) < 4.78 is 40.4. The van der Waals surface area contributed by atoms with E-state index in [1.165, 1.54) is 6.07 Å². The van der Waals surface area contributed by atoms with Crippen molar-refractivity contribution in [2.75, 3.05) is 26.4 Å². The zero-order chi connectivity index (χ0) is 26.1. The fraction of sp³-hybridized carbons (Fsp3) is 0.333. The first-order chi connectivity index (χ1) is 17.8. The molecule has 3 aromatic carbocycles. The van der Waals surface area contributed by atoms with Crippen molar-refractivity contribution < 1.29 is 28.5 Å². The van der Waals surface area contributed by atoms with Crippen LogP contribution in [0.4, 0.5) is 8.78 Å².